The molecule has 1 atom stereocenters. The molecular weight excluding hydrogens is 238 g/mol. The lowest BCUT2D eigenvalue weighted by atomic mass is 9.88. The van der Waals surface area contributed by atoms with Crippen molar-refractivity contribution in [2.45, 2.75) is 38.8 Å². The summed E-state index contributed by atoms with van der Waals surface area (Å²) in [6.07, 6.45) is 3.66. The Bertz CT molecular complexity index is 529. The van der Waals surface area contributed by atoms with E-state index in [-0.39, 0.29) is 0 Å². The van der Waals surface area contributed by atoms with E-state index in [1.165, 1.54) is 36.0 Å². The highest BCUT2D eigenvalue weighted by Gasteiger charge is 2.17. The molecule has 94 valence electrons. The molecule has 1 aromatic heterocycles. The zero-order chi connectivity index (χ0) is 12.4. The van der Waals surface area contributed by atoms with E-state index < -0.39 is 0 Å². The van der Waals surface area contributed by atoms with Crippen LogP contribution in [0.25, 0.3) is 0 Å². The zero-order valence-electron chi connectivity index (χ0n) is 10.8. The van der Waals surface area contributed by atoms with Crippen LogP contribution in [-0.2, 0) is 19.4 Å². The van der Waals surface area contributed by atoms with Crippen molar-refractivity contribution in [1.29, 1.82) is 0 Å². The van der Waals surface area contributed by atoms with Crippen LogP contribution in [0.3, 0.4) is 0 Å². The van der Waals surface area contributed by atoms with Gasteiger partial charge in [-0.1, -0.05) is 24.3 Å². The highest BCUT2D eigenvalue weighted by Crippen LogP contribution is 2.21. The molecule has 3 rings (SSSR count). The number of benzene rings is 1. The first kappa shape index (κ1) is 11.9. The Morgan fingerprint density at radius 2 is 2.06 bits per heavy atom. The molecule has 18 heavy (non-hydrogen) atoms. The quantitative estimate of drug-likeness (QED) is 0.884. The minimum Gasteiger partial charge on any atom is -0.310 e. The molecule has 1 heterocycles. The van der Waals surface area contributed by atoms with Gasteiger partial charge in [-0.3, -0.25) is 0 Å². The lowest BCUT2D eigenvalue weighted by Crippen LogP contribution is -2.34. The van der Waals surface area contributed by atoms with Crippen molar-refractivity contribution < 1.29 is 0 Å². The Labute approximate surface area is 113 Å². The average Bonchev–Trinajstić information content (AvgIpc) is 2.82. The second-order valence-corrected chi connectivity index (χ2v) is 5.91. The number of fused-ring (bicyclic) bond motifs is 1. The lowest BCUT2D eigenvalue weighted by Gasteiger charge is -2.25. The molecule has 0 amide bonds. The molecule has 0 saturated heterocycles. The van der Waals surface area contributed by atoms with E-state index in [0.29, 0.717) is 6.04 Å². The van der Waals surface area contributed by atoms with Gasteiger partial charge in [0.05, 0.1) is 0 Å². The number of hydrogen-bond acceptors (Lipinski definition) is 2. The Kier molecular flexibility index (Phi) is 3.48. The fourth-order valence-electron chi connectivity index (χ4n) is 2.69. The van der Waals surface area contributed by atoms with Crippen LogP contribution in [0.1, 0.15) is 28.7 Å². The van der Waals surface area contributed by atoms with Crippen molar-refractivity contribution >= 4 is 11.3 Å². The van der Waals surface area contributed by atoms with E-state index in [1.54, 1.807) is 16.9 Å². The fraction of sp³-hybridized carbons (Fsp3) is 0.375. The van der Waals surface area contributed by atoms with Crippen LogP contribution in [0, 0.1) is 6.92 Å². The van der Waals surface area contributed by atoms with E-state index >= 15 is 0 Å². The topological polar surface area (TPSA) is 12.0 Å². The van der Waals surface area contributed by atoms with E-state index in [1.807, 2.05) is 0 Å². The predicted molar refractivity (Wildman–Crippen MR) is 78.2 cm³/mol. The number of nitrogens with one attached hydrogen (secondary N) is 1. The molecule has 1 nitrogen and oxygen atoms in total. The molecule has 1 unspecified atom stereocenters. The number of aryl methyl sites for hydroxylation is 2. The molecule has 2 heteroatoms. The summed E-state index contributed by atoms with van der Waals surface area (Å²) in [6.45, 7) is 3.21. The van der Waals surface area contributed by atoms with Crippen LogP contribution >= 0.6 is 11.3 Å². The molecule has 1 aliphatic rings. The Morgan fingerprint density at radius 3 is 2.83 bits per heavy atom. The predicted octanol–water partition coefficient (Wildman–Crippen LogP) is 3.70. The van der Waals surface area contributed by atoms with E-state index in [9.17, 15) is 0 Å². The van der Waals surface area contributed by atoms with Gasteiger partial charge in [0.15, 0.2) is 0 Å². The Hall–Kier alpha value is -1.12. The maximum atomic E-state index is 3.71. The zero-order valence-corrected chi connectivity index (χ0v) is 11.6. The van der Waals surface area contributed by atoms with Gasteiger partial charge in [0.1, 0.15) is 0 Å². The number of hydrogen-bond donors (Lipinski definition) is 1. The second kappa shape index (κ2) is 5.25. The summed E-state index contributed by atoms with van der Waals surface area (Å²) >= 11 is 1.80. The highest BCUT2D eigenvalue weighted by atomic mass is 32.1. The molecule has 0 radical (unpaired) electrons. The van der Waals surface area contributed by atoms with Crippen molar-refractivity contribution in [3.05, 3.63) is 57.3 Å². The van der Waals surface area contributed by atoms with Gasteiger partial charge in [0.2, 0.25) is 0 Å². The molecule has 0 saturated carbocycles. The molecule has 0 spiro atoms. The monoisotopic (exact) mass is 257 g/mol. The van der Waals surface area contributed by atoms with Crippen molar-refractivity contribution in [2.75, 3.05) is 0 Å². The first-order valence-corrected chi connectivity index (χ1v) is 7.59. The molecule has 1 N–H and O–H groups in total. The summed E-state index contributed by atoms with van der Waals surface area (Å²) < 4.78 is 0. The number of rotatable bonds is 3. The van der Waals surface area contributed by atoms with Crippen LogP contribution in [0.4, 0.5) is 0 Å². The minimum atomic E-state index is 0.638. The Balaban J connectivity index is 1.61. The van der Waals surface area contributed by atoms with Crippen molar-refractivity contribution in [2.24, 2.45) is 0 Å². The highest BCUT2D eigenvalue weighted by molar-refractivity contribution is 7.08. The normalized spacial score (nSPS) is 18.6. The van der Waals surface area contributed by atoms with Crippen LogP contribution in [0.2, 0.25) is 0 Å². The maximum absolute atomic E-state index is 3.71. The largest absolute Gasteiger partial charge is 0.310 e. The van der Waals surface area contributed by atoms with Gasteiger partial charge in [0.25, 0.3) is 0 Å². The van der Waals surface area contributed by atoms with Crippen LogP contribution in [0.5, 0.6) is 0 Å². The smallest absolute Gasteiger partial charge is 0.0219 e. The minimum absolute atomic E-state index is 0.638. The molecule has 2 aromatic rings. The van der Waals surface area contributed by atoms with Gasteiger partial charge in [-0.2, -0.15) is 11.3 Å². The summed E-state index contributed by atoms with van der Waals surface area (Å²) in [6, 6.07) is 9.50. The summed E-state index contributed by atoms with van der Waals surface area (Å²) in [5.41, 5.74) is 5.95. The molecule has 1 aromatic carbocycles. The molecule has 0 bridgehead atoms. The van der Waals surface area contributed by atoms with Gasteiger partial charge < -0.3 is 5.32 Å². The van der Waals surface area contributed by atoms with E-state index in [4.69, 9.17) is 0 Å². The summed E-state index contributed by atoms with van der Waals surface area (Å²) in [5, 5.41) is 8.20. The lowest BCUT2D eigenvalue weighted by molar-refractivity contribution is 0.457. The standard InChI is InChI=1S/C16H19NS/c1-12-10-18-11-15(12)9-17-16-7-6-13-4-2-3-5-14(13)8-16/h2-5,10-11,16-17H,6-9H2,1H3. The van der Waals surface area contributed by atoms with Crippen molar-refractivity contribution in [3.8, 4) is 0 Å². The Morgan fingerprint density at radius 1 is 1.22 bits per heavy atom. The maximum Gasteiger partial charge on any atom is 0.0219 e. The van der Waals surface area contributed by atoms with Gasteiger partial charge in [0, 0.05) is 12.6 Å². The summed E-state index contributed by atoms with van der Waals surface area (Å²) in [4.78, 5) is 0. The van der Waals surface area contributed by atoms with Gasteiger partial charge >= 0.3 is 0 Å². The summed E-state index contributed by atoms with van der Waals surface area (Å²) in [5.74, 6) is 0. The van der Waals surface area contributed by atoms with E-state index in [0.717, 1.165) is 6.54 Å². The molecular formula is C16H19NS. The third kappa shape index (κ3) is 2.50. The SMILES string of the molecule is Cc1cscc1CNC1CCc2ccccc2C1. The van der Waals surface area contributed by atoms with Gasteiger partial charge in [-0.05, 0) is 59.2 Å². The van der Waals surface area contributed by atoms with Crippen molar-refractivity contribution in [3.63, 3.8) is 0 Å². The molecule has 0 aliphatic heterocycles. The van der Waals surface area contributed by atoms with Gasteiger partial charge in [-0.25, -0.2) is 0 Å². The number of thiophene rings is 1. The van der Waals surface area contributed by atoms with Crippen LogP contribution in [-0.4, -0.2) is 6.04 Å². The van der Waals surface area contributed by atoms with Crippen molar-refractivity contribution in [1.82, 2.24) is 5.32 Å². The van der Waals surface area contributed by atoms with Crippen LogP contribution < -0.4 is 5.32 Å². The van der Waals surface area contributed by atoms with Gasteiger partial charge in [-0.15, -0.1) is 0 Å². The van der Waals surface area contributed by atoms with E-state index in [2.05, 4.69) is 47.3 Å². The molecule has 1 aliphatic carbocycles. The molecule has 0 fully saturated rings. The first-order chi connectivity index (χ1) is 8.83. The first-order valence-electron chi connectivity index (χ1n) is 6.65. The summed E-state index contributed by atoms with van der Waals surface area (Å²) in [7, 11) is 0. The van der Waals surface area contributed by atoms with Crippen LogP contribution in [0.15, 0.2) is 35.0 Å². The average molecular weight is 257 g/mol. The third-order valence-corrected chi connectivity index (χ3v) is 4.80. The second-order valence-electron chi connectivity index (χ2n) is 5.17. The fourth-order valence-corrected chi connectivity index (χ4v) is 3.55. The third-order valence-electron chi connectivity index (χ3n) is 3.89.